The fourth-order valence-corrected chi connectivity index (χ4v) is 1.53. The molecule has 0 spiro atoms. The molecule has 0 amide bonds. The molecular formula is C14H22FN. The van der Waals surface area contributed by atoms with Gasteiger partial charge < -0.3 is 5.32 Å². The summed E-state index contributed by atoms with van der Waals surface area (Å²) in [5, 5.41) is 3.29. The average Bonchev–Trinajstić information content (AvgIpc) is 2.16. The normalized spacial score (nSPS) is 11.8. The molecule has 0 aromatic heterocycles. The van der Waals surface area contributed by atoms with E-state index in [2.05, 4.69) is 26.1 Å². The highest BCUT2D eigenvalue weighted by molar-refractivity contribution is 5.23. The van der Waals surface area contributed by atoms with E-state index < -0.39 is 0 Å². The van der Waals surface area contributed by atoms with Crippen LogP contribution in [0, 0.1) is 18.2 Å². The highest BCUT2D eigenvalue weighted by atomic mass is 19.1. The lowest BCUT2D eigenvalue weighted by Gasteiger charge is -2.18. The highest BCUT2D eigenvalue weighted by Crippen LogP contribution is 2.17. The van der Waals surface area contributed by atoms with Gasteiger partial charge >= 0.3 is 0 Å². The minimum atomic E-state index is -0.117. The van der Waals surface area contributed by atoms with E-state index in [1.54, 1.807) is 6.07 Å². The molecule has 1 nitrogen and oxygen atoms in total. The maximum atomic E-state index is 13.4. The van der Waals surface area contributed by atoms with E-state index in [-0.39, 0.29) is 5.82 Å². The Morgan fingerprint density at radius 2 is 1.94 bits per heavy atom. The Bertz CT molecular complexity index is 339. The predicted molar refractivity (Wildman–Crippen MR) is 66.9 cm³/mol. The topological polar surface area (TPSA) is 12.0 Å². The molecule has 0 saturated carbocycles. The number of halogens is 1. The van der Waals surface area contributed by atoms with Crippen LogP contribution in [0.5, 0.6) is 0 Å². The number of rotatable bonds is 4. The van der Waals surface area contributed by atoms with Crippen LogP contribution >= 0.6 is 0 Å². The van der Waals surface area contributed by atoms with Crippen LogP contribution in [0.4, 0.5) is 4.39 Å². The van der Waals surface area contributed by atoms with Gasteiger partial charge in [0.2, 0.25) is 0 Å². The van der Waals surface area contributed by atoms with Gasteiger partial charge in [-0.05, 0) is 31.4 Å². The summed E-state index contributed by atoms with van der Waals surface area (Å²) in [6.45, 7) is 10.2. The monoisotopic (exact) mass is 223 g/mol. The third kappa shape index (κ3) is 4.75. The third-order valence-corrected chi connectivity index (χ3v) is 2.57. The predicted octanol–water partition coefficient (Wildman–Crippen LogP) is 3.66. The van der Waals surface area contributed by atoms with Crippen molar-refractivity contribution in [3.05, 3.63) is 35.1 Å². The van der Waals surface area contributed by atoms with Crippen LogP contribution in [0.2, 0.25) is 0 Å². The molecule has 90 valence electrons. The summed E-state index contributed by atoms with van der Waals surface area (Å²) in [7, 11) is 0. The van der Waals surface area contributed by atoms with E-state index in [4.69, 9.17) is 0 Å². The molecule has 1 N–H and O–H groups in total. The zero-order chi connectivity index (χ0) is 12.2. The van der Waals surface area contributed by atoms with Crippen molar-refractivity contribution in [2.24, 2.45) is 5.41 Å². The first-order chi connectivity index (χ1) is 7.38. The molecule has 0 aliphatic rings. The summed E-state index contributed by atoms with van der Waals surface area (Å²) >= 11 is 0. The number of hydrogen-bond acceptors (Lipinski definition) is 1. The third-order valence-electron chi connectivity index (χ3n) is 2.57. The van der Waals surface area contributed by atoms with Gasteiger partial charge in [-0.2, -0.15) is 0 Å². The quantitative estimate of drug-likeness (QED) is 0.768. The molecule has 0 fully saturated rings. The Hall–Kier alpha value is -0.890. The zero-order valence-corrected chi connectivity index (χ0v) is 10.7. The van der Waals surface area contributed by atoms with Gasteiger partial charge in [-0.25, -0.2) is 4.39 Å². The fourth-order valence-electron chi connectivity index (χ4n) is 1.53. The molecule has 1 aromatic carbocycles. The summed E-state index contributed by atoms with van der Waals surface area (Å²) in [4.78, 5) is 0. The Balaban J connectivity index is 2.40. The van der Waals surface area contributed by atoms with Crippen molar-refractivity contribution in [2.75, 3.05) is 6.54 Å². The molecule has 2 heteroatoms. The first-order valence-corrected chi connectivity index (χ1v) is 5.84. The lowest BCUT2D eigenvalue weighted by atomic mass is 9.92. The van der Waals surface area contributed by atoms with Crippen molar-refractivity contribution in [3.63, 3.8) is 0 Å². The van der Waals surface area contributed by atoms with E-state index in [9.17, 15) is 4.39 Å². The van der Waals surface area contributed by atoms with Crippen LogP contribution in [-0.2, 0) is 6.54 Å². The minimum Gasteiger partial charge on any atom is -0.313 e. The van der Waals surface area contributed by atoms with Gasteiger partial charge in [0, 0.05) is 12.1 Å². The molecule has 1 rings (SSSR count). The molecule has 0 heterocycles. The molecule has 0 aliphatic heterocycles. The Morgan fingerprint density at radius 1 is 1.25 bits per heavy atom. The van der Waals surface area contributed by atoms with Crippen molar-refractivity contribution >= 4 is 0 Å². The molecule has 0 aliphatic carbocycles. The molecule has 1 aromatic rings. The summed E-state index contributed by atoms with van der Waals surface area (Å²) in [6.07, 6.45) is 1.10. The SMILES string of the molecule is Cc1ccc(F)c(CNCCC(C)(C)C)c1. The van der Waals surface area contributed by atoms with Gasteiger partial charge in [-0.15, -0.1) is 0 Å². The summed E-state index contributed by atoms with van der Waals surface area (Å²) in [5.41, 5.74) is 2.20. The van der Waals surface area contributed by atoms with Gasteiger partial charge in [0.05, 0.1) is 0 Å². The van der Waals surface area contributed by atoms with Crippen LogP contribution in [0.25, 0.3) is 0 Å². The van der Waals surface area contributed by atoms with Crippen molar-refractivity contribution in [2.45, 2.75) is 40.7 Å². The fraction of sp³-hybridized carbons (Fsp3) is 0.571. The summed E-state index contributed by atoms with van der Waals surface area (Å²) in [5.74, 6) is -0.117. The molecule has 0 saturated heterocycles. The lowest BCUT2D eigenvalue weighted by Crippen LogP contribution is -2.20. The number of nitrogens with one attached hydrogen (secondary N) is 1. The summed E-state index contributed by atoms with van der Waals surface area (Å²) < 4.78 is 13.4. The number of aryl methyl sites for hydroxylation is 1. The first kappa shape index (κ1) is 13.2. The van der Waals surface area contributed by atoms with Crippen molar-refractivity contribution in [1.82, 2.24) is 5.32 Å². The van der Waals surface area contributed by atoms with Gasteiger partial charge in [0.15, 0.2) is 0 Å². The van der Waals surface area contributed by atoms with E-state index in [1.807, 2.05) is 13.0 Å². The van der Waals surface area contributed by atoms with Crippen LogP contribution in [-0.4, -0.2) is 6.54 Å². The maximum Gasteiger partial charge on any atom is 0.127 e. The second kappa shape index (κ2) is 5.44. The second-order valence-corrected chi connectivity index (χ2v) is 5.58. The van der Waals surface area contributed by atoms with Gasteiger partial charge in [-0.1, -0.05) is 38.5 Å². The smallest absolute Gasteiger partial charge is 0.127 e. The molecule has 0 unspecified atom stereocenters. The Morgan fingerprint density at radius 3 is 2.56 bits per heavy atom. The van der Waals surface area contributed by atoms with E-state index in [0.29, 0.717) is 12.0 Å². The van der Waals surface area contributed by atoms with Crippen LogP contribution in [0.1, 0.15) is 38.3 Å². The molecule has 0 atom stereocenters. The zero-order valence-electron chi connectivity index (χ0n) is 10.7. The number of benzene rings is 1. The standard InChI is InChI=1S/C14H22FN/c1-11-5-6-13(15)12(9-11)10-16-8-7-14(2,3)4/h5-6,9,16H,7-8,10H2,1-4H3. The molecular weight excluding hydrogens is 201 g/mol. The largest absolute Gasteiger partial charge is 0.313 e. The van der Waals surface area contributed by atoms with E-state index in [0.717, 1.165) is 24.1 Å². The lowest BCUT2D eigenvalue weighted by molar-refractivity contribution is 0.366. The van der Waals surface area contributed by atoms with Gasteiger partial charge in [0.25, 0.3) is 0 Å². The van der Waals surface area contributed by atoms with E-state index in [1.165, 1.54) is 6.07 Å². The molecule has 0 bridgehead atoms. The Labute approximate surface area is 98.1 Å². The van der Waals surface area contributed by atoms with Crippen LogP contribution < -0.4 is 5.32 Å². The Kier molecular flexibility index (Phi) is 4.48. The average molecular weight is 223 g/mol. The van der Waals surface area contributed by atoms with E-state index >= 15 is 0 Å². The maximum absolute atomic E-state index is 13.4. The van der Waals surface area contributed by atoms with Crippen LogP contribution in [0.3, 0.4) is 0 Å². The highest BCUT2D eigenvalue weighted by Gasteiger charge is 2.09. The first-order valence-electron chi connectivity index (χ1n) is 5.84. The van der Waals surface area contributed by atoms with Crippen LogP contribution in [0.15, 0.2) is 18.2 Å². The van der Waals surface area contributed by atoms with Gasteiger partial charge in [0.1, 0.15) is 5.82 Å². The molecule has 0 radical (unpaired) electrons. The minimum absolute atomic E-state index is 0.117. The number of hydrogen-bond donors (Lipinski definition) is 1. The van der Waals surface area contributed by atoms with Crippen molar-refractivity contribution in [1.29, 1.82) is 0 Å². The van der Waals surface area contributed by atoms with Crippen molar-refractivity contribution < 1.29 is 4.39 Å². The summed E-state index contributed by atoms with van der Waals surface area (Å²) in [6, 6.07) is 5.24. The van der Waals surface area contributed by atoms with Crippen molar-refractivity contribution in [3.8, 4) is 0 Å². The molecule has 16 heavy (non-hydrogen) atoms. The van der Waals surface area contributed by atoms with Gasteiger partial charge in [-0.3, -0.25) is 0 Å². The second-order valence-electron chi connectivity index (χ2n) is 5.58.